The van der Waals surface area contributed by atoms with Crippen LogP contribution in [0.4, 0.5) is 18.9 Å². The van der Waals surface area contributed by atoms with E-state index in [0.29, 0.717) is 5.69 Å². The molecule has 0 amide bonds. The van der Waals surface area contributed by atoms with Gasteiger partial charge in [0.25, 0.3) is 0 Å². The lowest BCUT2D eigenvalue weighted by atomic mass is 10.1. The van der Waals surface area contributed by atoms with Gasteiger partial charge in [0.15, 0.2) is 5.96 Å². The molecular formula is C18H15F3N4O. The first kappa shape index (κ1) is 17.5. The molecule has 0 saturated heterocycles. The second kappa shape index (κ2) is 7.30. The predicted molar refractivity (Wildman–Crippen MR) is 93.8 cm³/mol. The van der Waals surface area contributed by atoms with Crippen molar-refractivity contribution >= 4 is 22.4 Å². The summed E-state index contributed by atoms with van der Waals surface area (Å²) in [4.78, 5) is 8.55. The number of aliphatic imine (C=N–C) groups is 1. The Morgan fingerprint density at radius 3 is 2.54 bits per heavy atom. The number of benzene rings is 2. The number of ether oxygens (including phenoxy) is 1. The minimum atomic E-state index is -4.72. The normalized spacial score (nSPS) is 12.2. The Morgan fingerprint density at radius 2 is 1.81 bits per heavy atom. The molecule has 1 aromatic heterocycles. The Morgan fingerprint density at radius 1 is 1.08 bits per heavy atom. The second-order valence-electron chi connectivity index (χ2n) is 5.38. The first-order valence-corrected chi connectivity index (χ1v) is 7.66. The van der Waals surface area contributed by atoms with Crippen LogP contribution in [-0.4, -0.2) is 17.3 Å². The Bertz CT molecular complexity index is 918. The van der Waals surface area contributed by atoms with Crippen LogP contribution in [0.5, 0.6) is 5.75 Å². The summed E-state index contributed by atoms with van der Waals surface area (Å²) in [7, 11) is 0. The van der Waals surface area contributed by atoms with Crippen LogP contribution in [0.3, 0.4) is 0 Å². The molecule has 0 spiro atoms. The minimum Gasteiger partial charge on any atom is -0.406 e. The SMILES string of the molecule is NC(=NCc1nccc2ccccc12)Nc1ccc(OC(F)(F)F)cc1. The van der Waals surface area contributed by atoms with Crippen molar-refractivity contribution < 1.29 is 17.9 Å². The van der Waals surface area contributed by atoms with E-state index >= 15 is 0 Å². The highest BCUT2D eigenvalue weighted by Gasteiger charge is 2.30. The van der Waals surface area contributed by atoms with Gasteiger partial charge < -0.3 is 15.8 Å². The van der Waals surface area contributed by atoms with Crippen molar-refractivity contribution in [1.29, 1.82) is 0 Å². The van der Waals surface area contributed by atoms with Gasteiger partial charge in [0.1, 0.15) is 5.75 Å². The van der Waals surface area contributed by atoms with E-state index in [4.69, 9.17) is 5.73 Å². The molecule has 3 aromatic rings. The summed E-state index contributed by atoms with van der Waals surface area (Å²) < 4.78 is 40.2. The van der Waals surface area contributed by atoms with Gasteiger partial charge in [-0.2, -0.15) is 0 Å². The first-order chi connectivity index (χ1) is 12.4. The number of nitrogens with two attached hydrogens (primary N) is 1. The molecule has 8 heteroatoms. The third-order valence-corrected chi connectivity index (χ3v) is 3.52. The summed E-state index contributed by atoms with van der Waals surface area (Å²) in [6.07, 6.45) is -3.02. The van der Waals surface area contributed by atoms with E-state index < -0.39 is 6.36 Å². The van der Waals surface area contributed by atoms with E-state index in [1.807, 2.05) is 30.3 Å². The number of alkyl halides is 3. The first-order valence-electron chi connectivity index (χ1n) is 7.66. The lowest BCUT2D eigenvalue weighted by Gasteiger charge is -2.10. The van der Waals surface area contributed by atoms with Gasteiger partial charge in [-0.1, -0.05) is 24.3 Å². The Kier molecular flexibility index (Phi) is 4.92. The molecule has 0 aliphatic rings. The third-order valence-electron chi connectivity index (χ3n) is 3.52. The Balaban J connectivity index is 1.67. The zero-order valence-electron chi connectivity index (χ0n) is 13.5. The van der Waals surface area contributed by atoms with E-state index in [0.717, 1.165) is 16.5 Å². The molecule has 1 heterocycles. The number of hydrogen-bond acceptors (Lipinski definition) is 3. The van der Waals surface area contributed by atoms with E-state index in [-0.39, 0.29) is 18.3 Å². The highest BCUT2D eigenvalue weighted by molar-refractivity contribution is 5.92. The number of hydrogen-bond donors (Lipinski definition) is 2. The zero-order valence-corrected chi connectivity index (χ0v) is 13.5. The van der Waals surface area contributed by atoms with Crippen molar-refractivity contribution in [1.82, 2.24) is 4.98 Å². The average Bonchev–Trinajstić information content (AvgIpc) is 2.60. The number of anilines is 1. The summed E-state index contributed by atoms with van der Waals surface area (Å²) in [5.74, 6) is -0.178. The molecule has 134 valence electrons. The average molecular weight is 360 g/mol. The Hall–Kier alpha value is -3.29. The molecule has 0 unspecified atom stereocenters. The van der Waals surface area contributed by atoms with Gasteiger partial charge in [0, 0.05) is 17.3 Å². The van der Waals surface area contributed by atoms with Crippen LogP contribution in [0.15, 0.2) is 65.8 Å². The zero-order chi connectivity index (χ0) is 18.6. The molecule has 0 aliphatic carbocycles. The van der Waals surface area contributed by atoms with Gasteiger partial charge in [-0.3, -0.25) is 4.98 Å². The summed E-state index contributed by atoms with van der Waals surface area (Å²) >= 11 is 0. The van der Waals surface area contributed by atoms with Gasteiger partial charge in [-0.25, -0.2) is 4.99 Å². The van der Waals surface area contributed by atoms with Crippen LogP contribution < -0.4 is 15.8 Å². The maximum absolute atomic E-state index is 12.1. The number of halogens is 3. The van der Waals surface area contributed by atoms with Crippen LogP contribution in [0.25, 0.3) is 10.8 Å². The minimum absolute atomic E-state index is 0.129. The molecule has 0 aliphatic heterocycles. The van der Waals surface area contributed by atoms with Crippen LogP contribution in [0.2, 0.25) is 0 Å². The fraction of sp³-hybridized carbons (Fsp3) is 0.111. The van der Waals surface area contributed by atoms with E-state index in [1.54, 1.807) is 6.20 Å². The highest BCUT2D eigenvalue weighted by atomic mass is 19.4. The van der Waals surface area contributed by atoms with E-state index in [9.17, 15) is 13.2 Å². The quantitative estimate of drug-likeness (QED) is 0.544. The predicted octanol–water partition coefficient (Wildman–Crippen LogP) is 4.06. The summed E-state index contributed by atoms with van der Waals surface area (Å²) in [6, 6.07) is 14.9. The summed E-state index contributed by atoms with van der Waals surface area (Å²) in [5.41, 5.74) is 7.11. The summed E-state index contributed by atoms with van der Waals surface area (Å²) in [6.45, 7) is 0.273. The highest BCUT2D eigenvalue weighted by Crippen LogP contribution is 2.24. The smallest absolute Gasteiger partial charge is 0.406 e. The molecule has 26 heavy (non-hydrogen) atoms. The number of guanidine groups is 1. The third kappa shape index (κ3) is 4.62. The Labute approximate surface area is 147 Å². The van der Waals surface area contributed by atoms with Crippen molar-refractivity contribution in [3.63, 3.8) is 0 Å². The van der Waals surface area contributed by atoms with Crippen molar-refractivity contribution in [2.45, 2.75) is 12.9 Å². The van der Waals surface area contributed by atoms with Crippen LogP contribution in [-0.2, 0) is 6.54 Å². The van der Waals surface area contributed by atoms with Crippen molar-refractivity contribution in [3.05, 3.63) is 66.5 Å². The van der Waals surface area contributed by atoms with Gasteiger partial charge in [-0.05, 0) is 35.7 Å². The lowest BCUT2D eigenvalue weighted by Crippen LogP contribution is -2.22. The molecule has 0 fully saturated rings. The van der Waals surface area contributed by atoms with Gasteiger partial charge >= 0.3 is 6.36 Å². The molecule has 0 bridgehead atoms. The molecule has 2 aromatic carbocycles. The van der Waals surface area contributed by atoms with Gasteiger partial charge in [0.05, 0.1) is 12.2 Å². The monoisotopic (exact) mass is 360 g/mol. The molecule has 5 nitrogen and oxygen atoms in total. The molecule has 3 N–H and O–H groups in total. The molecule has 0 saturated carbocycles. The summed E-state index contributed by atoms with van der Waals surface area (Å²) in [5, 5.41) is 4.85. The second-order valence-corrected chi connectivity index (χ2v) is 5.38. The molecule has 3 rings (SSSR count). The van der Waals surface area contributed by atoms with Crippen molar-refractivity contribution in [3.8, 4) is 5.75 Å². The van der Waals surface area contributed by atoms with Gasteiger partial charge in [0.2, 0.25) is 0 Å². The lowest BCUT2D eigenvalue weighted by molar-refractivity contribution is -0.274. The van der Waals surface area contributed by atoms with E-state index in [2.05, 4.69) is 20.0 Å². The fourth-order valence-corrected chi connectivity index (χ4v) is 2.40. The topological polar surface area (TPSA) is 72.5 Å². The fourth-order valence-electron chi connectivity index (χ4n) is 2.40. The van der Waals surface area contributed by atoms with Crippen LogP contribution in [0.1, 0.15) is 5.69 Å². The molecule has 0 radical (unpaired) electrons. The van der Waals surface area contributed by atoms with Crippen molar-refractivity contribution in [2.24, 2.45) is 10.7 Å². The maximum atomic E-state index is 12.1. The van der Waals surface area contributed by atoms with Crippen LogP contribution in [0, 0.1) is 0 Å². The number of fused-ring (bicyclic) bond motifs is 1. The number of aromatic nitrogens is 1. The van der Waals surface area contributed by atoms with Gasteiger partial charge in [-0.15, -0.1) is 13.2 Å². The maximum Gasteiger partial charge on any atom is 0.573 e. The molecular weight excluding hydrogens is 345 g/mol. The van der Waals surface area contributed by atoms with Crippen LogP contribution >= 0.6 is 0 Å². The number of nitrogens with zero attached hydrogens (tertiary/aromatic N) is 2. The molecule has 0 atom stereocenters. The van der Waals surface area contributed by atoms with Crippen molar-refractivity contribution in [2.75, 3.05) is 5.32 Å². The number of pyridine rings is 1. The van der Waals surface area contributed by atoms with E-state index in [1.165, 1.54) is 24.3 Å². The standard InChI is InChI=1S/C18H15F3N4O/c19-18(20,21)26-14-7-5-13(6-8-14)25-17(22)24-11-16-15-4-2-1-3-12(15)9-10-23-16/h1-10H,11H2,(H3,22,24,25). The number of nitrogens with one attached hydrogen (secondary N) is 1. The number of rotatable bonds is 4. The largest absolute Gasteiger partial charge is 0.573 e.